The van der Waals surface area contributed by atoms with Crippen LogP contribution in [-0.4, -0.2) is 68.2 Å². The lowest BCUT2D eigenvalue weighted by Gasteiger charge is -2.24. The second-order valence-corrected chi connectivity index (χ2v) is 5.56. The molecule has 10 nitrogen and oxygen atoms in total. The van der Waals surface area contributed by atoms with Gasteiger partial charge in [-0.05, 0) is 12.5 Å². The number of amides is 1. The number of hydrogen-bond donors (Lipinski definition) is 4. The van der Waals surface area contributed by atoms with Gasteiger partial charge in [-0.3, -0.25) is 10.1 Å². The molecule has 0 saturated heterocycles. The van der Waals surface area contributed by atoms with Gasteiger partial charge in [-0.15, -0.1) is 0 Å². The highest BCUT2D eigenvalue weighted by molar-refractivity contribution is 5.87. The third kappa shape index (κ3) is 6.05. The van der Waals surface area contributed by atoms with Gasteiger partial charge in [-0.2, -0.15) is 13.8 Å². The summed E-state index contributed by atoms with van der Waals surface area (Å²) < 4.78 is 32.5. The third-order valence-electron chi connectivity index (χ3n) is 3.44. The van der Waals surface area contributed by atoms with E-state index in [0.717, 1.165) is 18.9 Å². The molecule has 1 heterocycles. The molecular formula is C15H21F2N3O7. The zero-order chi connectivity index (χ0) is 20.6. The number of ether oxygens (including phenoxy) is 1. The molecule has 0 aliphatic heterocycles. The summed E-state index contributed by atoms with van der Waals surface area (Å²) in [5.74, 6) is -7.06. The Morgan fingerprint density at radius 3 is 2.59 bits per heavy atom. The minimum atomic E-state index is -4.57. The van der Waals surface area contributed by atoms with E-state index in [-0.39, 0.29) is 17.0 Å². The Morgan fingerprint density at radius 2 is 2.04 bits per heavy atom. The Bertz CT molecular complexity index is 711. The number of carbonyl (C=O) groups excluding carboxylic acids is 2. The zero-order valence-corrected chi connectivity index (χ0v) is 14.5. The van der Waals surface area contributed by atoms with Crippen LogP contribution in [0.5, 0.6) is 0 Å². The third-order valence-corrected chi connectivity index (χ3v) is 3.44. The van der Waals surface area contributed by atoms with Gasteiger partial charge in [0.2, 0.25) is 0 Å². The Balaban J connectivity index is 2.84. The molecule has 0 aliphatic carbocycles. The SMILES string of the molecule is CCCCCOC(=O)Nc1ccn(C(=O)C(F)(F)[C@H](O)[C@H](O)CO)c(=O)n1. The van der Waals surface area contributed by atoms with Crippen LogP contribution in [0.15, 0.2) is 17.1 Å². The lowest BCUT2D eigenvalue weighted by molar-refractivity contribution is -0.136. The van der Waals surface area contributed by atoms with Crippen molar-refractivity contribution < 1.29 is 38.4 Å². The van der Waals surface area contributed by atoms with Crippen molar-refractivity contribution in [2.45, 2.75) is 44.3 Å². The molecule has 0 saturated carbocycles. The zero-order valence-electron chi connectivity index (χ0n) is 14.5. The molecule has 0 unspecified atom stereocenters. The van der Waals surface area contributed by atoms with Gasteiger partial charge in [0.25, 0.3) is 0 Å². The first-order valence-electron chi connectivity index (χ1n) is 8.08. The van der Waals surface area contributed by atoms with Gasteiger partial charge in [-0.1, -0.05) is 19.8 Å². The summed E-state index contributed by atoms with van der Waals surface area (Å²) in [7, 11) is 0. The van der Waals surface area contributed by atoms with Gasteiger partial charge in [0.15, 0.2) is 6.10 Å². The second-order valence-electron chi connectivity index (χ2n) is 5.56. The van der Waals surface area contributed by atoms with E-state index in [1.54, 1.807) is 0 Å². The van der Waals surface area contributed by atoms with E-state index in [1.807, 2.05) is 6.92 Å². The van der Waals surface area contributed by atoms with Gasteiger partial charge in [0, 0.05) is 6.20 Å². The van der Waals surface area contributed by atoms with Crippen LogP contribution in [0.3, 0.4) is 0 Å². The van der Waals surface area contributed by atoms with Crippen LogP contribution in [0, 0.1) is 0 Å². The number of halogens is 2. The highest BCUT2D eigenvalue weighted by Crippen LogP contribution is 2.23. The lowest BCUT2D eigenvalue weighted by Crippen LogP contribution is -2.53. The van der Waals surface area contributed by atoms with E-state index < -0.39 is 42.4 Å². The topological polar surface area (TPSA) is 151 Å². The molecule has 2 atom stereocenters. The molecule has 0 aliphatic rings. The molecule has 1 aromatic heterocycles. The van der Waals surface area contributed by atoms with Gasteiger partial charge in [0.05, 0.1) is 13.2 Å². The quantitative estimate of drug-likeness (QED) is 0.427. The number of alkyl halides is 2. The molecular weight excluding hydrogens is 372 g/mol. The van der Waals surface area contributed by atoms with Gasteiger partial charge >= 0.3 is 23.6 Å². The van der Waals surface area contributed by atoms with Gasteiger partial charge in [0.1, 0.15) is 11.9 Å². The maximum absolute atomic E-state index is 13.9. The number of aromatic nitrogens is 2. The first kappa shape index (κ1) is 22.6. The predicted octanol–water partition coefficient (Wildman–Crippen LogP) is -0.0284. The second kappa shape index (κ2) is 10.0. The molecule has 27 heavy (non-hydrogen) atoms. The summed E-state index contributed by atoms with van der Waals surface area (Å²) in [5, 5.41) is 29.1. The van der Waals surface area contributed by atoms with E-state index in [0.29, 0.717) is 12.6 Å². The summed E-state index contributed by atoms with van der Waals surface area (Å²) in [6.45, 7) is 0.889. The molecule has 152 valence electrons. The molecule has 1 aromatic rings. The minimum absolute atomic E-state index is 0.0922. The fraction of sp³-hybridized carbons (Fsp3) is 0.600. The van der Waals surface area contributed by atoms with E-state index >= 15 is 0 Å². The Morgan fingerprint density at radius 1 is 1.37 bits per heavy atom. The number of carbonyl (C=O) groups is 2. The standard InChI is InChI=1S/C15H21F2N3O7/c1-2-3-4-7-27-14(26)19-10-5-6-20(13(25)18-10)12(24)15(16,17)11(23)9(22)8-21/h5-6,9,11,21-23H,2-4,7-8H2,1H3,(H,18,19,25,26)/t9-,11-/m1/s1. The Labute approximate surface area is 152 Å². The van der Waals surface area contributed by atoms with E-state index in [2.05, 4.69) is 10.3 Å². The number of aliphatic hydroxyl groups excluding tert-OH is 3. The highest BCUT2D eigenvalue weighted by atomic mass is 19.3. The largest absolute Gasteiger partial charge is 0.449 e. The smallest absolute Gasteiger partial charge is 0.412 e. The summed E-state index contributed by atoms with van der Waals surface area (Å²) >= 11 is 0. The van der Waals surface area contributed by atoms with Crippen LogP contribution in [0.1, 0.15) is 31.0 Å². The molecule has 12 heteroatoms. The van der Waals surface area contributed by atoms with E-state index in [4.69, 9.17) is 14.9 Å². The Kier molecular flexibility index (Phi) is 8.40. The molecule has 0 bridgehead atoms. The average molecular weight is 393 g/mol. The molecule has 0 spiro atoms. The van der Waals surface area contributed by atoms with Crippen LogP contribution < -0.4 is 11.0 Å². The number of nitrogens with one attached hydrogen (secondary N) is 1. The molecule has 0 aromatic carbocycles. The van der Waals surface area contributed by atoms with E-state index in [9.17, 15) is 28.3 Å². The normalized spacial score (nSPS) is 13.7. The molecule has 0 fully saturated rings. The maximum Gasteiger partial charge on any atom is 0.412 e. The number of nitrogens with zero attached hydrogens (tertiary/aromatic N) is 2. The minimum Gasteiger partial charge on any atom is -0.449 e. The summed E-state index contributed by atoms with van der Waals surface area (Å²) in [4.78, 5) is 38.3. The number of hydrogen-bond acceptors (Lipinski definition) is 8. The van der Waals surface area contributed by atoms with Crippen LogP contribution in [0.25, 0.3) is 0 Å². The van der Waals surface area contributed by atoms with Crippen LogP contribution in [-0.2, 0) is 4.74 Å². The van der Waals surface area contributed by atoms with E-state index in [1.165, 1.54) is 0 Å². The van der Waals surface area contributed by atoms with Crippen molar-refractivity contribution in [3.63, 3.8) is 0 Å². The predicted molar refractivity (Wildman–Crippen MR) is 87.7 cm³/mol. The van der Waals surface area contributed by atoms with Crippen molar-refractivity contribution in [2.75, 3.05) is 18.5 Å². The van der Waals surface area contributed by atoms with Crippen LogP contribution >= 0.6 is 0 Å². The van der Waals surface area contributed by atoms with Gasteiger partial charge in [-0.25, -0.2) is 14.2 Å². The first-order chi connectivity index (χ1) is 12.6. The number of unbranched alkanes of at least 4 members (excludes halogenated alkanes) is 2. The van der Waals surface area contributed by atoms with Crippen LogP contribution in [0.4, 0.5) is 19.4 Å². The number of rotatable bonds is 9. The van der Waals surface area contributed by atoms with Crippen molar-refractivity contribution >= 4 is 17.8 Å². The molecule has 0 radical (unpaired) electrons. The fourth-order valence-corrected chi connectivity index (χ4v) is 1.91. The molecule has 1 rings (SSSR count). The average Bonchev–Trinajstić information content (AvgIpc) is 2.63. The maximum atomic E-state index is 13.9. The summed E-state index contributed by atoms with van der Waals surface area (Å²) in [6, 6.07) is 0.900. The van der Waals surface area contributed by atoms with Crippen LogP contribution in [0.2, 0.25) is 0 Å². The van der Waals surface area contributed by atoms with Crippen molar-refractivity contribution in [2.24, 2.45) is 0 Å². The summed E-state index contributed by atoms with van der Waals surface area (Å²) in [6.07, 6.45) is -3.09. The van der Waals surface area contributed by atoms with Crippen molar-refractivity contribution in [3.05, 3.63) is 22.7 Å². The highest BCUT2D eigenvalue weighted by Gasteiger charge is 2.50. The summed E-state index contributed by atoms with van der Waals surface area (Å²) in [5.41, 5.74) is -1.45. The molecule has 1 amide bonds. The van der Waals surface area contributed by atoms with Crippen molar-refractivity contribution in [1.29, 1.82) is 0 Å². The van der Waals surface area contributed by atoms with Gasteiger partial charge < -0.3 is 20.1 Å². The molecule has 4 N–H and O–H groups in total. The number of aliphatic hydroxyl groups is 3. The Hall–Kier alpha value is -2.44. The lowest BCUT2D eigenvalue weighted by atomic mass is 10.1. The fourth-order valence-electron chi connectivity index (χ4n) is 1.91. The monoisotopic (exact) mass is 393 g/mol. The van der Waals surface area contributed by atoms with Crippen molar-refractivity contribution in [3.8, 4) is 0 Å². The van der Waals surface area contributed by atoms with Crippen molar-refractivity contribution in [1.82, 2.24) is 9.55 Å². The number of anilines is 1. The first-order valence-corrected chi connectivity index (χ1v) is 8.08.